The van der Waals surface area contributed by atoms with Gasteiger partial charge in [0.25, 0.3) is 0 Å². The lowest BCUT2D eigenvalue weighted by Crippen LogP contribution is -2.41. The number of carbonyl (C=O) groups is 1. The molecule has 4 rings (SSSR count). The van der Waals surface area contributed by atoms with Crippen molar-refractivity contribution in [3.63, 3.8) is 0 Å². The molecule has 1 aliphatic rings. The van der Waals surface area contributed by atoms with Crippen molar-refractivity contribution in [2.45, 2.75) is 40.2 Å². The van der Waals surface area contributed by atoms with Crippen LogP contribution in [0.2, 0.25) is 0 Å². The number of anilines is 1. The van der Waals surface area contributed by atoms with Crippen LogP contribution in [0.4, 0.5) is 5.82 Å². The number of aryl methyl sites for hydroxylation is 3. The fraction of sp³-hybridized carbons (Fsp3) is 0.429. The zero-order valence-electron chi connectivity index (χ0n) is 16.5. The van der Waals surface area contributed by atoms with Crippen LogP contribution < -0.4 is 10.2 Å². The summed E-state index contributed by atoms with van der Waals surface area (Å²) in [6, 6.07) is 5.72. The number of rotatable bonds is 4. The van der Waals surface area contributed by atoms with Crippen molar-refractivity contribution in [2.75, 3.05) is 18.0 Å². The molecule has 0 unspecified atom stereocenters. The number of furan rings is 1. The number of pyridine rings is 1. The third kappa shape index (κ3) is 3.56. The Kier molecular flexibility index (Phi) is 4.98. The van der Waals surface area contributed by atoms with Crippen LogP contribution >= 0.6 is 0 Å². The van der Waals surface area contributed by atoms with E-state index in [2.05, 4.69) is 20.2 Å². The lowest BCUT2D eigenvalue weighted by Gasteiger charge is -2.32. The predicted octanol–water partition coefficient (Wildman–Crippen LogP) is 3.08. The fourth-order valence-electron chi connectivity index (χ4n) is 3.74. The minimum absolute atomic E-state index is 0.0190. The van der Waals surface area contributed by atoms with E-state index in [0.29, 0.717) is 18.1 Å². The summed E-state index contributed by atoms with van der Waals surface area (Å²) < 4.78 is 5.80. The number of piperidine rings is 1. The largest absolute Gasteiger partial charge is 0.443 e. The molecule has 146 valence electrons. The maximum atomic E-state index is 12.5. The standard InChI is InChI=1S/C21H25N5O2/c1-13-14(2)28-21-18(13)19(24-15(3)25-21)26-10-7-16(8-11-26)20(27)23-12-17-6-4-5-9-22-17/h4-6,9,16H,7-8,10-12H2,1-3H3,(H,23,27). The molecule has 3 aromatic heterocycles. The Bertz CT molecular complexity index is 991. The van der Waals surface area contributed by atoms with E-state index < -0.39 is 0 Å². The monoisotopic (exact) mass is 379 g/mol. The van der Waals surface area contributed by atoms with Crippen LogP contribution in [0.5, 0.6) is 0 Å². The number of aromatic nitrogens is 3. The maximum Gasteiger partial charge on any atom is 0.231 e. The maximum absolute atomic E-state index is 12.5. The Hall–Kier alpha value is -2.96. The second-order valence-corrected chi connectivity index (χ2v) is 7.36. The third-order valence-electron chi connectivity index (χ3n) is 5.46. The molecule has 0 atom stereocenters. The first kappa shape index (κ1) is 18.4. The Balaban J connectivity index is 1.43. The van der Waals surface area contributed by atoms with E-state index in [0.717, 1.165) is 54.2 Å². The van der Waals surface area contributed by atoms with Gasteiger partial charge in [0.2, 0.25) is 11.6 Å². The van der Waals surface area contributed by atoms with Crippen molar-refractivity contribution in [2.24, 2.45) is 5.92 Å². The minimum atomic E-state index is 0.0190. The van der Waals surface area contributed by atoms with E-state index in [4.69, 9.17) is 9.40 Å². The summed E-state index contributed by atoms with van der Waals surface area (Å²) in [5.74, 6) is 2.62. The molecule has 0 spiro atoms. The second-order valence-electron chi connectivity index (χ2n) is 7.36. The number of fused-ring (bicyclic) bond motifs is 1. The molecule has 1 saturated heterocycles. The molecule has 0 aromatic carbocycles. The molecule has 0 bridgehead atoms. The molecular formula is C21H25N5O2. The topological polar surface area (TPSA) is 84.2 Å². The van der Waals surface area contributed by atoms with Crippen molar-refractivity contribution in [3.05, 3.63) is 47.2 Å². The number of amides is 1. The average Bonchev–Trinajstić information content (AvgIpc) is 3.00. The molecule has 1 amide bonds. The number of hydrogen-bond acceptors (Lipinski definition) is 6. The van der Waals surface area contributed by atoms with Crippen LogP contribution in [0, 0.1) is 26.7 Å². The molecule has 1 fully saturated rings. The van der Waals surface area contributed by atoms with Gasteiger partial charge in [-0.05, 0) is 45.7 Å². The quantitative estimate of drug-likeness (QED) is 0.750. The fourth-order valence-corrected chi connectivity index (χ4v) is 3.74. The van der Waals surface area contributed by atoms with Crippen molar-refractivity contribution in [3.8, 4) is 0 Å². The average molecular weight is 379 g/mol. The normalized spacial score (nSPS) is 15.2. The minimum Gasteiger partial charge on any atom is -0.443 e. The van der Waals surface area contributed by atoms with E-state index in [1.807, 2.05) is 39.0 Å². The summed E-state index contributed by atoms with van der Waals surface area (Å²) in [5.41, 5.74) is 2.60. The van der Waals surface area contributed by atoms with Crippen molar-refractivity contribution in [1.29, 1.82) is 0 Å². The first-order valence-corrected chi connectivity index (χ1v) is 9.70. The van der Waals surface area contributed by atoms with Gasteiger partial charge < -0.3 is 14.6 Å². The van der Waals surface area contributed by atoms with E-state index in [-0.39, 0.29) is 11.8 Å². The third-order valence-corrected chi connectivity index (χ3v) is 5.46. The molecule has 28 heavy (non-hydrogen) atoms. The van der Waals surface area contributed by atoms with Crippen LogP contribution in [0.15, 0.2) is 28.8 Å². The number of hydrogen-bond donors (Lipinski definition) is 1. The summed E-state index contributed by atoms with van der Waals surface area (Å²) in [7, 11) is 0. The van der Waals surface area contributed by atoms with Crippen LogP contribution in [0.25, 0.3) is 11.1 Å². The first-order chi connectivity index (χ1) is 13.5. The molecule has 0 saturated carbocycles. The molecule has 0 radical (unpaired) electrons. The van der Waals surface area contributed by atoms with E-state index >= 15 is 0 Å². The zero-order chi connectivity index (χ0) is 19.7. The van der Waals surface area contributed by atoms with Gasteiger partial charge in [0.15, 0.2) is 0 Å². The summed E-state index contributed by atoms with van der Waals surface area (Å²) in [4.78, 5) is 28.2. The molecule has 0 aliphatic carbocycles. The van der Waals surface area contributed by atoms with Crippen LogP contribution in [-0.2, 0) is 11.3 Å². The summed E-state index contributed by atoms with van der Waals surface area (Å²) in [6.07, 6.45) is 3.34. The van der Waals surface area contributed by atoms with E-state index in [1.54, 1.807) is 6.20 Å². The molecule has 7 nitrogen and oxygen atoms in total. The highest BCUT2D eigenvalue weighted by Gasteiger charge is 2.28. The Morgan fingerprint density at radius 1 is 1.21 bits per heavy atom. The van der Waals surface area contributed by atoms with Gasteiger partial charge in [-0.25, -0.2) is 4.98 Å². The van der Waals surface area contributed by atoms with Crippen molar-refractivity contribution < 1.29 is 9.21 Å². The lowest BCUT2D eigenvalue weighted by atomic mass is 9.95. The van der Waals surface area contributed by atoms with Crippen LogP contribution in [0.3, 0.4) is 0 Å². The molecule has 1 aliphatic heterocycles. The van der Waals surface area contributed by atoms with Crippen LogP contribution in [-0.4, -0.2) is 33.9 Å². The number of carbonyl (C=O) groups excluding carboxylic acids is 1. The van der Waals surface area contributed by atoms with Gasteiger partial charge in [-0.15, -0.1) is 0 Å². The number of nitrogens with zero attached hydrogens (tertiary/aromatic N) is 4. The molecule has 3 aromatic rings. The summed E-state index contributed by atoms with van der Waals surface area (Å²) in [5, 5.41) is 4.00. The van der Waals surface area contributed by atoms with Crippen LogP contribution in [0.1, 0.15) is 35.7 Å². The molecule has 7 heteroatoms. The highest BCUT2D eigenvalue weighted by molar-refractivity contribution is 5.90. The van der Waals surface area contributed by atoms with E-state index in [1.165, 1.54) is 0 Å². The SMILES string of the molecule is Cc1nc(N2CCC(C(=O)NCc3ccccn3)CC2)c2c(C)c(C)oc2n1. The summed E-state index contributed by atoms with van der Waals surface area (Å²) in [6.45, 7) is 7.93. The Morgan fingerprint density at radius 2 is 2.00 bits per heavy atom. The zero-order valence-corrected chi connectivity index (χ0v) is 16.5. The van der Waals surface area contributed by atoms with E-state index in [9.17, 15) is 4.79 Å². The smallest absolute Gasteiger partial charge is 0.231 e. The highest BCUT2D eigenvalue weighted by atomic mass is 16.3. The van der Waals surface area contributed by atoms with Crippen molar-refractivity contribution >= 4 is 22.8 Å². The Labute approximate surface area is 164 Å². The molecule has 4 heterocycles. The van der Waals surface area contributed by atoms with Gasteiger partial charge >= 0.3 is 0 Å². The lowest BCUT2D eigenvalue weighted by molar-refractivity contribution is -0.125. The molecular weight excluding hydrogens is 354 g/mol. The Morgan fingerprint density at radius 3 is 2.71 bits per heavy atom. The van der Waals surface area contributed by atoms with Gasteiger partial charge in [-0.2, -0.15) is 4.98 Å². The second kappa shape index (κ2) is 7.58. The molecule has 1 N–H and O–H groups in total. The van der Waals surface area contributed by atoms with Crippen molar-refractivity contribution in [1.82, 2.24) is 20.3 Å². The predicted molar refractivity (Wildman–Crippen MR) is 107 cm³/mol. The number of nitrogens with one attached hydrogen (secondary N) is 1. The first-order valence-electron chi connectivity index (χ1n) is 9.70. The van der Waals surface area contributed by atoms with Gasteiger partial charge in [0, 0.05) is 30.8 Å². The van der Waals surface area contributed by atoms with Gasteiger partial charge in [-0.1, -0.05) is 6.07 Å². The van der Waals surface area contributed by atoms with Gasteiger partial charge in [-0.3, -0.25) is 9.78 Å². The van der Waals surface area contributed by atoms with Gasteiger partial charge in [0.1, 0.15) is 17.4 Å². The van der Waals surface area contributed by atoms with Gasteiger partial charge in [0.05, 0.1) is 17.6 Å². The highest BCUT2D eigenvalue weighted by Crippen LogP contribution is 2.33. The summed E-state index contributed by atoms with van der Waals surface area (Å²) >= 11 is 0.